The highest BCUT2D eigenvalue weighted by atomic mass is 35.5. The predicted molar refractivity (Wildman–Crippen MR) is 93.6 cm³/mol. The van der Waals surface area contributed by atoms with Gasteiger partial charge in [-0.1, -0.05) is 11.6 Å². The van der Waals surface area contributed by atoms with Crippen LogP contribution in [0, 0.1) is 5.92 Å². The normalized spacial score (nSPS) is 18.0. The van der Waals surface area contributed by atoms with E-state index in [0.717, 1.165) is 12.5 Å². The van der Waals surface area contributed by atoms with Crippen LogP contribution in [0.4, 0.5) is 18.9 Å². The molecule has 0 saturated carbocycles. The van der Waals surface area contributed by atoms with Crippen LogP contribution in [0.1, 0.15) is 25.3 Å². The van der Waals surface area contributed by atoms with Gasteiger partial charge in [0.2, 0.25) is 0 Å². The van der Waals surface area contributed by atoms with E-state index < -0.39 is 11.7 Å². The van der Waals surface area contributed by atoms with Crippen LogP contribution in [0.15, 0.2) is 18.2 Å². The van der Waals surface area contributed by atoms with Crippen LogP contribution in [0.3, 0.4) is 0 Å². The Labute approximate surface area is 154 Å². The van der Waals surface area contributed by atoms with Crippen LogP contribution in [-0.2, 0) is 15.7 Å². The first-order chi connectivity index (χ1) is 11.7. The van der Waals surface area contributed by atoms with E-state index in [1.807, 2.05) is 0 Å². The highest BCUT2D eigenvalue weighted by Gasteiger charge is 2.33. The molecule has 138 valence electrons. The summed E-state index contributed by atoms with van der Waals surface area (Å²) in [6.45, 7) is 3.05. The van der Waals surface area contributed by atoms with E-state index in [2.05, 4.69) is 5.32 Å². The second-order valence-corrected chi connectivity index (χ2v) is 6.45. The molecule has 1 aromatic rings. The van der Waals surface area contributed by atoms with Gasteiger partial charge >= 0.3 is 12.1 Å². The number of ether oxygens (including phenoxy) is 1. The first-order valence-corrected chi connectivity index (χ1v) is 8.60. The van der Waals surface area contributed by atoms with Crippen molar-refractivity contribution in [2.75, 3.05) is 25.0 Å². The molecule has 0 aliphatic carbocycles. The average molecular weight is 395 g/mol. The van der Waals surface area contributed by atoms with Gasteiger partial charge in [-0.05, 0) is 50.2 Å². The second-order valence-electron chi connectivity index (χ2n) is 5.66. The number of anilines is 1. The number of piperidine rings is 1. The minimum Gasteiger partial charge on any atom is -0.466 e. The first kappa shape index (κ1) is 19.8. The van der Waals surface area contributed by atoms with Gasteiger partial charge in [0.05, 0.1) is 23.1 Å². The Morgan fingerprint density at radius 2 is 2.20 bits per heavy atom. The van der Waals surface area contributed by atoms with E-state index in [0.29, 0.717) is 26.1 Å². The van der Waals surface area contributed by atoms with Gasteiger partial charge in [-0.15, -0.1) is 0 Å². The maximum absolute atomic E-state index is 12.9. The molecule has 1 unspecified atom stereocenters. The number of esters is 1. The summed E-state index contributed by atoms with van der Waals surface area (Å²) >= 11 is 10.9. The number of likely N-dealkylation sites (tertiary alicyclic amines) is 1. The molecular weight excluding hydrogens is 377 g/mol. The van der Waals surface area contributed by atoms with Crippen LogP contribution in [0.5, 0.6) is 0 Å². The van der Waals surface area contributed by atoms with Crippen LogP contribution >= 0.6 is 23.8 Å². The summed E-state index contributed by atoms with van der Waals surface area (Å²) in [5.74, 6) is -0.565. The number of rotatable bonds is 3. The summed E-state index contributed by atoms with van der Waals surface area (Å²) in [5.41, 5.74) is -0.731. The van der Waals surface area contributed by atoms with Crippen LogP contribution < -0.4 is 5.32 Å². The number of benzene rings is 1. The molecule has 25 heavy (non-hydrogen) atoms. The van der Waals surface area contributed by atoms with Gasteiger partial charge < -0.3 is 15.0 Å². The topological polar surface area (TPSA) is 41.6 Å². The fourth-order valence-corrected chi connectivity index (χ4v) is 3.15. The molecular formula is C16H18ClF3N2O2S. The van der Waals surface area contributed by atoms with Crippen molar-refractivity contribution >= 4 is 40.6 Å². The molecule has 0 spiro atoms. The molecule has 9 heteroatoms. The first-order valence-electron chi connectivity index (χ1n) is 7.81. The zero-order chi connectivity index (χ0) is 18.6. The SMILES string of the molecule is CCOC(=O)C1CCCN(C(=S)Nc2ccc(Cl)c(C(F)(F)F)c2)C1. The molecule has 1 aliphatic rings. The fourth-order valence-electron chi connectivity index (χ4n) is 2.64. The number of carbonyl (C=O) groups excluding carboxylic acids is 1. The maximum Gasteiger partial charge on any atom is 0.417 e. The lowest BCUT2D eigenvalue weighted by molar-refractivity contribution is -0.149. The van der Waals surface area contributed by atoms with Gasteiger partial charge in [-0.3, -0.25) is 4.79 Å². The lowest BCUT2D eigenvalue weighted by Gasteiger charge is -2.33. The zero-order valence-electron chi connectivity index (χ0n) is 13.5. The summed E-state index contributed by atoms with van der Waals surface area (Å²) < 4.78 is 43.8. The van der Waals surface area contributed by atoms with Crippen molar-refractivity contribution in [1.82, 2.24) is 4.90 Å². The standard InChI is InChI=1S/C16H18ClF3N2O2S/c1-2-24-14(23)10-4-3-7-22(9-10)15(25)21-11-5-6-13(17)12(8-11)16(18,19)20/h5-6,8,10H,2-4,7,9H2,1H3,(H,21,25). The highest BCUT2D eigenvalue weighted by molar-refractivity contribution is 7.80. The number of thiocarbonyl (C=S) groups is 1. The van der Waals surface area contributed by atoms with Crippen LogP contribution in [0.25, 0.3) is 0 Å². The Morgan fingerprint density at radius 1 is 1.48 bits per heavy atom. The predicted octanol–water partition coefficient (Wildman–Crippen LogP) is 4.33. The number of halogens is 4. The van der Waals surface area contributed by atoms with Crippen molar-refractivity contribution in [2.45, 2.75) is 25.9 Å². The van der Waals surface area contributed by atoms with Crippen molar-refractivity contribution in [2.24, 2.45) is 5.92 Å². The van der Waals surface area contributed by atoms with Crippen molar-refractivity contribution in [3.8, 4) is 0 Å². The van der Waals surface area contributed by atoms with E-state index in [1.54, 1.807) is 11.8 Å². The summed E-state index contributed by atoms with van der Waals surface area (Å²) in [6.07, 6.45) is -3.09. The summed E-state index contributed by atoms with van der Waals surface area (Å²) in [7, 11) is 0. The lowest BCUT2D eigenvalue weighted by atomic mass is 9.98. The Balaban J connectivity index is 2.05. The van der Waals surface area contributed by atoms with E-state index in [-0.39, 0.29) is 27.7 Å². The molecule has 0 amide bonds. The molecule has 1 aromatic carbocycles. The molecule has 1 N–H and O–H groups in total. The van der Waals surface area contributed by atoms with E-state index in [9.17, 15) is 18.0 Å². The van der Waals surface area contributed by atoms with Crippen molar-refractivity contribution < 1.29 is 22.7 Å². The number of alkyl halides is 3. The molecule has 1 heterocycles. The largest absolute Gasteiger partial charge is 0.466 e. The minimum absolute atomic E-state index is 0.194. The number of hydrogen-bond acceptors (Lipinski definition) is 3. The van der Waals surface area contributed by atoms with Crippen LogP contribution in [-0.4, -0.2) is 35.7 Å². The molecule has 1 aliphatic heterocycles. The molecule has 0 aromatic heterocycles. The molecule has 0 bridgehead atoms. The number of hydrogen-bond donors (Lipinski definition) is 1. The van der Waals surface area contributed by atoms with Gasteiger partial charge in [-0.25, -0.2) is 0 Å². The fraction of sp³-hybridized carbons (Fsp3) is 0.500. The smallest absolute Gasteiger partial charge is 0.417 e. The number of nitrogens with zero attached hydrogens (tertiary/aromatic N) is 1. The Morgan fingerprint density at radius 3 is 2.84 bits per heavy atom. The Bertz CT molecular complexity index is 655. The van der Waals surface area contributed by atoms with Crippen molar-refractivity contribution in [3.63, 3.8) is 0 Å². The third kappa shape index (κ3) is 5.22. The number of nitrogens with one attached hydrogen (secondary N) is 1. The van der Waals surface area contributed by atoms with Gasteiger partial charge in [0.1, 0.15) is 0 Å². The average Bonchev–Trinajstić information content (AvgIpc) is 2.56. The van der Waals surface area contributed by atoms with Gasteiger partial charge in [0, 0.05) is 18.8 Å². The van der Waals surface area contributed by atoms with E-state index >= 15 is 0 Å². The number of carbonyl (C=O) groups is 1. The summed E-state index contributed by atoms with van der Waals surface area (Å²) in [5, 5.41) is 2.69. The van der Waals surface area contributed by atoms with Crippen LogP contribution in [0.2, 0.25) is 5.02 Å². The molecule has 2 rings (SSSR count). The molecule has 1 atom stereocenters. The molecule has 0 radical (unpaired) electrons. The molecule has 1 saturated heterocycles. The van der Waals surface area contributed by atoms with Gasteiger partial charge in [-0.2, -0.15) is 13.2 Å². The summed E-state index contributed by atoms with van der Waals surface area (Å²) in [6, 6.07) is 3.52. The maximum atomic E-state index is 12.9. The monoisotopic (exact) mass is 394 g/mol. The van der Waals surface area contributed by atoms with E-state index in [1.165, 1.54) is 12.1 Å². The summed E-state index contributed by atoms with van der Waals surface area (Å²) in [4.78, 5) is 13.6. The minimum atomic E-state index is -4.55. The lowest BCUT2D eigenvalue weighted by Crippen LogP contribution is -2.44. The Kier molecular flexibility index (Phi) is 6.51. The van der Waals surface area contributed by atoms with Crippen molar-refractivity contribution in [1.29, 1.82) is 0 Å². The quantitative estimate of drug-likeness (QED) is 0.610. The van der Waals surface area contributed by atoms with Crippen molar-refractivity contribution in [3.05, 3.63) is 28.8 Å². The second kappa shape index (κ2) is 8.23. The third-order valence-electron chi connectivity index (χ3n) is 3.85. The van der Waals surface area contributed by atoms with Gasteiger partial charge in [0.15, 0.2) is 5.11 Å². The third-order valence-corrected chi connectivity index (χ3v) is 4.54. The van der Waals surface area contributed by atoms with Gasteiger partial charge in [0.25, 0.3) is 0 Å². The highest BCUT2D eigenvalue weighted by Crippen LogP contribution is 2.36. The Hall–Kier alpha value is -1.54. The van der Waals surface area contributed by atoms with E-state index in [4.69, 9.17) is 28.6 Å². The molecule has 4 nitrogen and oxygen atoms in total. The molecule has 1 fully saturated rings. The zero-order valence-corrected chi connectivity index (χ0v) is 15.1.